The van der Waals surface area contributed by atoms with E-state index in [0.717, 1.165) is 19.8 Å². The molecule has 2 nitrogen and oxygen atoms in total. The Morgan fingerprint density at radius 1 is 1.67 bits per heavy atom. The molecule has 50 valence electrons. The molecule has 1 aliphatic heterocycles. The third-order valence-electron chi connectivity index (χ3n) is 1.24. The van der Waals surface area contributed by atoms with Gasteiger partial charge >= 0.3 is 0 Å². The second kappa shape index (κ2) is 3.49. The van der Waals surface area contributed by atoms with Crippen molar-refractivity contribution < 1.29 is 4.74 Å². The van der Waals surface area contributed by atoms with Gasteiger partial charge in [0.25, 0.3) is 0 Å². The third-order valence-corrected chi connectivity index (χ3v) is 1.24. The normalized spacial score (nSPS) is 26.6. The molecule has 1 saturated heterocycles. The summed E-state index contributed by atoms with van der Waals surface area (Å²) in [6, 6.07) is 0.267. The molecular formula is C7H11NO. The van der Waals surface area contributed by atoms with Crippen molar-refractivity contribution in [3.8, 4) is 11.8 Å². The Labute approximate surface area is 55.6 Å². The van der Waals surface area contributed by atoms with Crippen LogP contribution in [0.2, 0.25) is 0 Å². The quantitative estimate of drug-likeness (QED) is 0.460. The standard InChI is InChI=1S/C7H11NO/c1-2-3-7-6-9-5-4-8-7/h7-8H,4-6H2,1H3. The topological polar surface area (TPSA) is 21.3 Å². The van der Waals surface area contributed by atoms with E-state index in [9.17, 15) is 0 Å². The van der Waals surface area contributed by atoms with E-state index in [1.807, 2.05) is 6.92 Å². The number of morpholine rings is 1. The highest BCUT2D eigenvalue weighted by Crippen LogP contribution is 1.89. The highest BCUT2D eigenvalue weighted by molar-refractivity contribution is 5.06. The zero-order chi connectivity index (χ0) is 6.53. The summed E-state index contributed by atoms with van der Waals surface area (Å²) in [7, 11) is 0. The molecule has 1 rings (SSSR count). The molecule has 1 N–H and O–H groups in total. The highest BCUT2D eigenvalue weighted by atomic mass is 16.5. The van der Waals surface area contributed by atoms with Crippen molar-refractivity contribution in [3.05, 3.63) is 0 Å². The van der Waals surface area contributed by atoms with Gasteiger partial charge in [-0.05, 0) is 6.92 Å². The van der Waals surface area contributed by atoms with Crippen molar-refractivity contribution in [2.24, 2.45) is 0 Å². The maximum atomic E-state index is 5.17. The van der Waals surface area contributed by atoms with Crippen LogP contribution in [0.15, 0.2) is 0 Å². The summed E-state index contributed by atoms with van der Waals surface area (Å²) in [5.74, 6) is 5.84. The number of ether oxygens (including phenoxy) is 1. The van der Waals surface area contributed by atoms with E-state index in [4.69, 9.17) is 4.74 Å². The van der Waals surface area contributed by atoms with Crippen LogP contribution in [-0.4, -0.2) is 25.8 Å². The third kappa shape index (κ3) is 2.05. The van der Waals surface area contributed by atoms with E-state index in [1.54, 1.807) is 0 Å². The van der Waals surface area contributed by atoms with Gasteiger partial charge < -0.3 is 4.74 Å². The van der Waals surface area contributed by atoms with E-state index >= 15 is 0 Å². The lowest BCUT2D eigenvalue weighted by Gasteiger charge is -2.18. The Bertz CT molecular complexity index is 128. The fraction of sp³-hybridized carbons (Fsp3) is 0.714. The maximum absolute atomic E-state index is 5.17. The van der Waals surface area contributed by atoms with Gasteiger partial charge in [-0.15, -0.1) is 5.92 Å². The molecule has 2 heteroatoms. The van der Waals surface area contributed by atoms with Crippen LogP contribution in [0.5, 0.6) is 0 Å². The van der Waals surface area contributed by atoms with Crippen LogP contribution in [0.1, 0.15) is 6.92 Å². The highest BCUT2D eigenvalue weighted by Gasteiger charge is 2.07. The zero-order valence-electron chi connectivity index (χ0n) is 5.61. The van der Waals surface area contributed by atoms with Gasteiger partial charge in [0.05, 0.1) is 19.3 Å². The van der Waals surface area contributed by atoms with Gasteiger partial charge in [-0.2, -0.15) is 0 Å². The molecule has 1 unspecified atom stereocenters. The minimum absolute atomic E-state index is 0.267. The molecule has 1 fully saturated rings. The molecule has 0 amide bonds. The van der Waals surface area contributed by atoms with Crippen LogP contribution in [0, 0.1) is 11.8 Å². The largest absolute Gasteiger partial charge is 0.377 e. The van der Waals surface area contributed by atoms with E-state index < -0.39 is 0 Å². The zero-order valence-corrected chi connectivity index (χ0v) is 5.61. The van der Waals surface area contributed by atoms with Gasteiger partial charge in [0.1, 0.15) is 0 Å². The summed E-state index contributed by atoms with van der Waals surface area (Å²) < 4.78 is 5.17. The van der Waals surface area contributed by atoms with Crippen molar-refractivity contribution in [2.75, 3.05) is 19.8 Å². The molecule has 1 atom stereocenters. The van der Waals surface area contributed by atoms with Gasteiger partial charge in [-0.3, -0.25) is 5.32 Å². The van der Waals surface area contributed by atoms with Crippen LogP contribution in [0.3, 0.4) is 0 Å². The molecule has 0 saturated carbocycles. The number of hydrogen-bond acceptors (Lipinski definition) is 2. The SMILES string of the molecule is CC#CC1COCCN1. The monoisotopic (exact) mass is 125 g/mol. The predicted octanol–water partition coefficient (Wildman–Crippen LogP) is -0.00190. The first-order valence-electron chi connectivity index (χ1n) is 3.17. The number of nitrogens with one attached hydrogen (secondary N) is 1. The molecule has 1 heterocycles. The number of rotatable bonds is 0. The summed E-state index contributed by atoms with van der Waals surface area (Å²) in [4.78, 5) is 0. The summed E-state index contributed by atoms with van der Waals surface area (Å²) >= 11 is 0. The number of hydrogen-bond donors (Lipinski definition) is 1. The van der Waals surface area contributed by atoms with Gasteiger partial charge in [-0.1, -0.05) is 5.92 Å². The lowest BCUT2D eigenvalue weighted by Crippen LogP contribution is -2.40. The summed E-state index contributed by atoms with van der Waals surface area (Å²) in [6.45, 7) is 4.33. The van der Waals surface area contributed by atoms with Crippen LogP contribution in [0.25, 0.3) is 0 Å². The second-order valence-corrected chi connectivity index (χ2v) is 1.98. The molecule has 0 spiro atoms. The van der Waals surface area contributed by atoms with Gasteiger partial charge in [-0.25, -0.2) is 0 Å². The molecule has 0 bridgehead atoms. The van der Waals surface area contributed by atoms with Crippen LogP contribution in [-0.2, 0) is 4.74 Å². The maximum Gasteiger partial charge on any atom is 0.0927 e. The predicted molar refractivity (Wildman–Crippen MR) is 36.1 cm³/mol. The molecule has 0 aromatic rings. The van der Waals surface area contributed by atoms with Crippen molar-refractivity contribution >= 4 is 0 Å². The van der Waals surface area contributed by atoms with Crippen molar-refractivity contribution in [2.45, 2.75) is 13.0 Å². The lowest BCUT2D eigenvalue weighted by atomic mass is 10.3. The first-order valence-corrected chi connectivity index (χ1v) is 3.17. The summed E-state index contributed by atoms with van der Waals surface area (Å²) in [5.41, 5.74) is 0. The Kier molecular flexibility index (Phi) is 2.56. The fourth-order valence-corrected chi connectivity index (χ4v) is 0.832. The van der Waals surface area contributed by atoms with E-state index in [-0.39, 0.29) is 6.04 Å². The minimum Gasteiger partial charge on any atom is -0.377 e. The Hall–Kier alpha value is -0.520. The van der Waals surface area contributed by atoms with Crippen molar-refractivity contribution in [1.29, 1.82) is 0 Å². The van der Waals surface area contributed by atoms with E-state index in [2.05, 4.69) is 17.2 Å². The van der Waals surface area contributed by atoms with Crippen LogP contribution in [0.4, 0.5) is 0 Å². The smallest absolute Gasteiger partial charge is 0.0927 e. The lowest BCUT2D eigenvalue weighted by molar-refractivity contribution is 0.0925. The molecule has 0 aromatic heterocycles. The first-order chi connectivity index (χ1) is 4.43. The molecular weight excluding hydrogens is 114 g/mol. The van der Waals surface area contributed by atoms with E-state index in [0.29, 0.717) is 0 Å². The summed E-state index contributed by atoms with van der Waals surface area (Å²) in [6.07, 6.45) is 0. The van der Waals surface area contributed by atoms with Gasteiger partial charge in [0.2, 0.25) is 0 Å². The van der Waals surface area contributed by atoms with Gasteiger partial charge in [0, 0.05) is 6.54 Å². The summed E-state index contributed by atoms with van der Waals surface area (Å²) in [5, 5.41) is 3.22. The van der Waals surface area contributed by atoms with Crippen LogP contribution >= 0.6 is 0 Å². The molecule has 1 aliphatic rings. The van der Waals surface area contributed by atoms with Crippen molar-refractivity contribution in [1.82, 2.24) is 5.32 Å². The molecule has 9 heavy (non-hydrogen) atoms. The average molecular weight is 125 g/mol. The second-order valence-electron chi connectivity index (χ2n) is 1.98. The Morgan fingerprint density at radius 2 is 2.56 bits per heavy atom. The fourth-order valence-electron chi connectivity index (χ4n) is 0.832. The average Bonchev–Trinajstić information content (AvgIpc) is 1.91. The minimum atomic E-state index is 0.267. The van der Waals surface area contributed by atoms with Gasteiger partial charge in [0.15, 0.2) is 0 Å². The Balaban J connectivity index is 2.28. The van der Waals surface area contributed by atoms with Crippen molar-refractivity contribution in [3.63, 3.8) is 0 Å². The van der Waals surface area contributed by atoms with E-state index in [1.165, 1.54) is 0 Å². The van der Waals surface area contributed by atoms with Crippen LogP contribution < -0.4 is 5.32 Å². The molecule has 0 aromatic carbocycles. The molecule has 0 radical (unpaired) electrons. The Morgan fingerprint density at radius 3 is 3.11 bits per heavy atom. The molecule has 0 aliphatic carbocycles. The first kappa shape index (κ1) is 6.60.